The Morgan fingerprint density at radius 3 is 2.82 bits per heavy atom. The zero-order valence-corrected chi connectivity index (χ0v) is 13.4. The lowest BCUT2D eigenvalue weighted by Crippen LogP contribution is -2.42. The summed E-state index contributed by atoms with van der Waals surface area (Å²) < 4.78 is 6.64. The van der Waals surface area contributed by atoms with E-state index >= 15 is 0 Å². The van der Waals surface area contributed by atoms with Crippen molar-refractivity contribution in [1.82, 2.24) is 14.6 Å². The number of hydrogen-bond donors (Lipinski definition) is 2. The molecule has 0 spiro atoms. The maximum atomic E-state index is 10.8. The Kier molecular flexibility index (Phi) is 4.54. The molecule has 2 heterocycles. The van der Waals surface area contributed by atoms with Gasteiger partial charge in [0.2, 0.25) is 0 Å². The fraction of sp³-hybridized carbons (Fsp3) is 0.533. The average Bonchev–Trinajstić information content (AvgIpc) is 2.88. The molecule has 0 bridgehead atoms. The SMILES string of the molecule is CC(COC(N)=O)C(Nc1ccn2nccc2n1)C(C)(C)C. The molecule has 7 heteroatoms. The third-order valence-electron chi connectivity index (χ3n) is 3.55. The van der Waals surface area contributed by atoms with Crippen LogP contribution in [0, 0.1) is 11.3 Å². The van der Waals surface area contributed by atoms with E-state index in [0.717, 1.165) is 11.5 Å². The third kappa shape index (κ3) is 3.87. The van der Waals surface area contributed by atoms with E-state index < -0.39 is 6.09 Å². The molecular formula is C15H23N5O2. The summed E-state index contributed by atoms with van der Waals surface area (Å²) in [4.78, 5) is 15.3. The first kappa shape index (κ1) is 16.1. The largest absolute Gasteiger partial charge is 0.449 e. The number of carbonyl (C=O) groups is 1. The number of nitrogens with zero attached hydrogens (tertiary/aromatic N) is 3. The smallest absolute Gasteiger partial charge is 0.404 e. The van der Waals surface area contributed by atoms with Crippen LogP contribution in [0.15, 0.2) is 24.5 Å². The second kappa shape index (κ2) is 6.21. The molecule has 0 aliphatic rings. The van der Waals surface area contributed by atoms with Gasteiger partial charge in [-0.1, -0.05) is 27.7 Å². The zero-order valence-electron chi connectivity index (χ0n) is 13.4. The van der Waals surface area contributed by atoms with Crippen molar-refractivity contribution >= 4 is 17.6 Å². The van der Waals surface area contributed by atoms with Gasteiger partial charge in [0.15, 0.2) is 5.65 Å². The van der Waals surface area contributed by atoms with E-state index in [1.807, 2.05) is 25.3 Å². The van der Waals surface area contributed by atoms with Crippen LogP contribution in [0.3, 0.4) is 0 Å². The van der Waals surface area contributed by atoms with Gasteiger partial charge in [-0.05, 0) is 11.5 Å². The van der Waals surface area contributed by atoms with Crippen molar-refractivity contribution in [3.05, 3.63) is 24.5 Å². The molecule has 2 rings (SSSR count). The minimum Gasteiger partial charge on any atom is -0.449 e. The molecule has 0 saturated heterocycles. The Balaban J connectivity index is 2.16. The summed E-state index contributed by atoms with van der Waals surface area (Å²) in [5.74, 6) is 0.842. The Labute approximate surface area is 129 Å². The number of nitrogens with one attached hydrogen (secondary N) is 1. The number of nitrogens with two attached hydrogens (primary N) is 1. The Morgan fingerprint density at radius 1 is 1.45 bits per heavy atom. The van der Waals surface area contributed by atoms with E-state index in [1.54, 1.807) is 10.7 Å². The molecule has 7 nitrogen and oxygen atoms in total. The van der Waals surface area contributed by atoms with E-state index in [4.69, 9.17) is 10.5 Å². The minimum atomic E-state index is -0.752. The zero-order chi connectivity index (χ0) is 16.3. The number of fused-ring (bicyclic) bond motifs is 1. The predicted octanol–water partition coefficient (Wildman–Crippen LogP) is 2.29. The molecule has 0 aliphatic heterocycles. The van der Waals surface area contributed by atoms with Crippen molar-refractivity contribution in [2.45, 2.75) is 33.7 Å². The van der Waals surface area contributed by atoms with E-state index in [9.17, 15) is 4.79 Å². The summed E-state index contributed by atoms with van der Waals surface area (Å²) in [5.41, 5.74) is 5.78. The standard InChI is InChI=1S/C15H23N5O2/c1-10(9-22-14(16)21)13(15(2,3)4)19-11-6-8-20-12(18-11)5-7-17-20/h5-8,10,13H,9H2,1-4H3,(H2,16,21)(H,18,19). The van der Waals surface area contributed by atoms with E-state index in [1.165, 1.54) is 0 Å². The highest BCUT2D eigenvalue weighted by Gasteiger charge is 2.30. The summed E-state index contributed by atoms with van der Waals surface area (Å²) in [7, 11) is 0. The lowest BCUT2D eigenvalue weighted by molar-refractivity contribution is 0.120. The maximum Gasteiger partial charge on any atom is 0.404 e. The molecule has 22 heavy (non-hydrogen) atoms. The Hall–Kier alpha value is -2.31. The molecule has 2 aromatic rings. The van der Waals surface area contributed by atoms with Crippen LogP contribution in [0.25, 0.3) is 5.65 Å². The van der Waals surface area contributed by atoms with Crippen LogP contribution in [0.5, 0.6) is 0 Å². The van der Waals surface area contributed by atoms with Gasteiger partial charge in [0.25, 0.3) is 0 Å². The first-order valence-electron chi connectivity index (χ1n) is 7.26. The highest BCUT2D eigenvalue weighted by atomic mass is 16.5. The van der Waals surface area contributed by atoms with Crippen molar-refractivity contribution in [1.29, 1.82) is 0 Å². The highest BCUT2D eigenvalue weighted by molar-refractivity contribution is 5.64. The minimum absolute atomic E-state index is 0.0471. The number of ether oxygens (including phenoxy) is 1. The number of carbonyl (C=O) groups excluding carboxylic acids is 1. The molecule has 2 unspecified atom stereocenters. The molecule has 0 aliphatic carbocycles. The number of anilines is 1. The summed E-state index contributed by atoms with van der Waals surface area (Å²) >= 11 is 0. The van der Waals surface area contributed by atoms with E-state index in [-0.39, 0.29) is 24.0 Å². The molecule has 0 aromatic carbocycles. The van der Waals surface area contributed by atoms with Crippen LogP contribution in [0.1, 0.15) is 27.7 Å². The molecule has 0 fully saturated rings. The van der Waals surface area contributed by atoms with Crippen LogP contribution in [-0.2, 0) is 4.74 Å². The van der Waals surface area contributed by atoms with Crippen molar-refractivity contribution in [2.75, 3.05) is 11.9 Å². The second-order valence-corrected chi connectivity index (χ2v) is 6.54. The van der Waals surface area contributed by atoms with E-state index in [0.29, 0.717) is 0 Å². The molecule has 3 N–H and O–H groups in total. The van der Waals surface area contributed by atoms with Gasteiger partial charge in [-0.15, -0.1) is 0 Å². The van der Waals surface area contributed by atoms with Gasteiger partial charge in [0, 0.05) is 24.2 Å². The van der Waals surface area contributed by atoms with Crippen LogP contribution >= 0.6 is 0 Å². The van der Waals surface area contributed by atoms with Gasteiger partial charge < -0.3 is 15.8 Å². The van der Waals surface area contributed by atoms with Gasteiger partial charge in [-0.3, -0.25) is 0 Å². The molecular weight excluding hydrogens is 282 g/mol. The normalized spacial score (nSPS) is 14.5. The third-order valence-corrected chi connectivity index (χ3v) is 3.55. The molecule has 2 atom stereocenters. The van der Waals surface area contributed by atoms with Crippen LogP contribution in [-0.4, -0.2) is 33.3 Å². The summed E-state index contributed by atoms with van der Waals surface area (Å²) in [6.45, 7) is 8.66. The van der Waals surface area contributed by atoms with E-state index in [2.05, 4.69) is 36.2 Å². The van der Waals surface area contributed by atoms with Crippen molar-refractivity contribution in [2.24, 2.45) is 17.1 Å². The molecule has 2 aromatic heterocycles. The second-order valence-electron chi connectivity index (χ2n) is 6.54. The van der Waals surface area contributed by atoms with Crippen molar-refractivity contribution in [3.8, 4) is 0 Å². The van der Waals surface area contributed by atoms with Gasteiger partial charge in [0.1, 0.15) is 5.82 Å². The fourth-order valence-electron chi connectivity index (χ4n) is 2.57. The van der Waals surface area contributed by atoms with Crippen LogP contribution < -0.4 is 11.1 Å². The van der Waals surface area contributed by atoms with Crippen LogP contribution in [0.2, 0.25) is 0 Å². The highest BCUT2D eigenvalue weighted by Crippen LogP contribution is 2.28. The Bertz CT molecular complexity index is 647. The monoisotopic (exact) mass is 305 g/mol. The number of amides is 1. The first-order chi connectivity index (χ1) is 10.3. The summed E-state index contributed by atoms with van der Waals surface area (Å²) in [5, 5.41) is 7.57. The maximum absolute atomic E-state index is 10.8. The lowest BCUT2D eigenvalue weighted by Gasteiger charge is -2.36. The van der Waals surface area contributed by atoms with Crippen molar-refractivity contribution in [3.63, 3.8) is 0 Å². The molecule has 0 saturated carbocycles. The quantitative estimate of drug-likeness (QED) is 0.883. The van der Waals surface area contributed by atoms with Crippen LogP contribution in [0.4, 0.5) is 10.6 Å². The van der Waals surface area contributed by atoms with Gasteiger partial charge in [-0.25, -0.2) is 14.3 Å². The lowest BCUT2D eigenvalue weighted by atomic mass is 9.80. The van der Waals surface area contributed by atoms with Gasteiger partial charge >= 0.3 is 6.09 Å². The topological polar surface area (TPSA) is 94.5 Å². The number of aromatic nitrogens is 3. The average molecular weight is 305 g/mol. The molecule has 0 radical (unpaired) electrons. The summed E-state index contributed by atoms with van der Waals surface area (Å²) in [6, 6.07) is 3.78. The molecule has 120 valence electrons. The predicted molar refractivity (Wildman–Crippen MR) is 84.6 cm³/mol. The number of hydrogen-bond acceptors (Lipinski definition) is 5. The number of rotatable bonds is 5. The Morgan fingerprint density at radius 2 is 2.18 bits per heavy atom. The number of primary amides is 1. The van der Waals surface area contributed by atoms with Gasteiger partial charge in [0.05, 0.1) is 12.8 Å². The first-order valence-corrected chi connectivity index (χ1v) is 7.26. The van der Waals surface area contributed by atoms with Crippen molar-refractivity contribution < 1.29 is 9.53 Å². The molecule has 1 amide bonds. The fourth-order valence-corrected chi connectivity index (χ4v) is 2.57. The van der Waals surface area contributed by atoms with Gasteiger partial charge in [-0.2, -0.15) is 5.10 Å². The summed E-state index contributed by atoms with van der Waals surface area (Å²) in [6.07, 6.45) is 2.81.